The molecule has 0 aliphatic rings. The van der Waals surface area contributed by atoms with Gasteiger partial charge in [0.1, 0.15) is 34.0 Å². The number of fused-ring (bicyclic) bond motifs is 20. The third kappa shape index (κ3) is 6.92. The van der Waals surface area contributed by atoms with Crippen LogP contribution >= 0.6 is 0 Å². The van der Waals surface area contributed by atoms with Crippen LogP contribution in [0.5, 0.6) is 0 Å². The molecule has 0 fully saturated rings. The molecule has 0 N–H and O–H groups in total. The van der Waals surface area contributed by atoms with Crippen LogP contribution in [0.15, 0.2) is 306 Å². The molecular formula is C85H49N5O2. The summed E-state index contributed by atoms with van der Waals surface area (Å²) in [7, 11) is 0. The fourth-order valence-corrected chi connectivity index (χ4v) is 15.5. The molecule has 426 valence electrons. The Labute approximate surface area is 525 Å². The fraction of sp³-hybridized carbons (Fsp3) is 0. The molecule has 0 unspecified atom stereocenters. The molecule has 0 saturated carbocycles. The summed E-state index contributed by atoms with van der Waals surface area (Å²) in [5.74, 6) is 0. The maximum absolute atomic E-state index is 13.3. The summed E-state index contributed by atoms with van der Waals surface area (Å²) in [4.78, 5) is 0. The standard InChI is InChI=1S/C85H49N5O2/c86-50-66-80(87-67-34-16-10-28-56(67)57-29-11-17-35-68(57)87)82(89-71-46-44-62-60-32-14-20-38-75(60)91-84(62)78(71)64-42-40-54(48-73(64)89)51-22-4-1-5-23-51)77(53-26-8-3-9-27-53)83(81(66)88-69-36-18-12-30-58(69)59-31-13-19-37-70(59)88)90-72-47-45-63-61-33-15-21-39-76(61)92-85(63)79(72)65-43-41-55(49-74(65)90)52-24-6-2-7-25-52/h1-49H. The molecule has 7 nitrogen and oxygen atoms in total. The summed E-state index contributed by atoms with van der Waals surface area (Å²) in [6.07, 6.45) is 0. The van der Waals surface area contributed by atoms with E-state index < -0.39 is 0 Å². The normalized spacial score (nSPS) is 12.1. The first-order valence-electron chi connectivity index (χ1n) is 31.2. The number of nitriles is 1. The molecule has 92 heavy (non-hydrogen) atoms. The van der Waals surface area contributed by atoms with Gasteiger partial charge in [-0.15, -0.1) is 0 Å². The summed E-state index contributed by atoms with van der Waals surface area (Å²) < 4.78 is 24.1. The van der Waals surface area contributed by atoms with Gasteiger partial charge in [-0.3, -0.25) is 0 Å². The second kappa shape index (κ2) is 19.2. The second-order valence-corrected chi connectivity index (χ2v) is 24.1. The van der Waals surface area contributed by atoms with E-state index in [4.69, 9.17) is 8.83 Å². The average Bonchev–Trinajstić information content (AvgIpc) is 1.45. The Morgan fingerprint density at radius 2 is 0.565 bits per heavy atom. The van der Waals surface area contributed by atoms with Crippen LogP contribution in [0.1, 0.15) is 5.56 Å². The second-order valence-electron chi connectivity index (χ2n) is 24.1. The topological polar surface area (TPSA) is 69.8 Å². The van der Waals surface area contributed by atoms with Crippen LogP contribution in [0, 0.1) is 11.3 Å². The molecule has 0 radical (unpaired) electrons. The Kier molecular flexibility index (Phi) is 10.5. The Bertz CT molecular complexity index is 6090. The van der Waals surface area contributed by atoms with Crippen LogP contribution in [0.2, 0.25) is 0 Å². The summed E-state index contributed by atoms with van der Waals surface area (Å²) in [6.45, 7) is 0. The van der Waals surface area contributed by atoms with Crippen LogP contribution in [0.4, 0.5) is 0 Å². The van der Waals surface area contributed by atoms with Crippen LogP contribution in [-0.4, -0.2) is 18.3 Å². The van der Waals surface area contributed by atoms with Crippen molar-refractivity contribution in [3.05, 3.63) is 303 Å². The zero-order valence-electron chi connectivity index (χ0n) is 49.3. The number of benzene rings is 14. The lowest BCUT2D eigenvalue weighted by molar-refractivity contribution is 0.672. The maximum Gasteiger partial charge on any atom is 0.145 e. The SMILES string of the molecule is N#Cc1c(-n2c3ccccc3c3ccccc32)c(-n2c3cc(-c4ccccc4)ccc3c3c4oc5ccccc5c4ccc32)c(-c2ccccc2)c(-n2c3cc(-c4ccccc4)ccc3c3c4oc5ccccc5c4ccc32)c1-n1c2ccccc2c2ccccc21. The molecule has 6 heterocycles. The van der Waals surface area contributed by atoms with E-state index in [1.807, 2.05) is 12.1 Å². The van der Waals surface area contributed by atoms with Crippen molar-refractivity contribution in [1.82, 2.24) is 18.3 Å². The smallest absolute Gasteiger partial charge is 0.145 e. The highest BCUT2D eigenvalue weighted by Gasteiger charge is 2.36. The van der Waals surface area contributed by atoms with Gasteiger partial charge < -0.3 is 27.1 Å². The van der Waals surface area contributed by atoms with Crippen molar-refractivity contribution in [2.24, 2.45) is 0 Å². The van der Waals surface area contributed by atoms with Crippen molar-refractivity contribution >= 4 is 131 Å². The zero-order chi connectivity index (χ0) is 60.3. The van der Waals surface area contributed by atoms with Gasteiger partial charge in [0.2, 0.25) is 0 Å². The molecule has 0 aliphatic carbocycles. The highest BCUT2D eigenvalue weighted by molar-refractivity contribution is 6.27. The number of nitrogens with zero attached hydrogens (tertiary/aromatic N) is 5. The molecule has 0 amide bonds. The molecule has 0 saturated heterocycles. The predicted molar refractivity (Wildman–Crippen MR) is 379 cm³/mol. The Morgan fingerprint density at radius 3 is 0.957 bits per heavy atom. The van der Waals surface area contributed by atoms with E-state index in [2.05, 4.69) is 309 Å². The molecule has 0 atom stereocenters. The summed E-state index contributed by atoms with van der Waals surface area (Å²) in [5.41, 5.74) is 20.5. The van der Waals surface area contributed by atoms with Crippen LogP contribution in [0.25, 0.3) is 187 Å². The van der Waals surface area contributed by atoms with E-state index in [0.717, 1.165) is 187 Å². The third-order valence-corrected chi connectivity index (χ3v) is 19.4. The van der Waals surface area contributed by atoms with Crippen molar-refractivity contribution < 1.29 is 8.83 Å². The Balaban J connectivity index is 1.11. The van der Waals surface area contributed by atoms with Gasteiger partial charge in [0.15, 0.2) is 0 Å². The lowest BCUT2D eigenvalue weighted by Crippen LogP contribution is -2.16. The van der Waals surface area contributed by atoms with Crippen LogP contribution in [-0.2, 0) is 0 Å². The predicted octanol–water partition coefficient (Wildman–Crippen LogP) is 22.7. The van der Waals surface area contributed by atoms with Crippen LogP contribution in [0.3, 0.4) is 0 Å². The quantitative estimate of drug-likeness (QED) is 0.160. The number of hydrogen-bond donors (Lipinski definition) is 0. The van der Waals surface area contributed by atoms with Crippen molar-refractivity contribution in [2.45, 2.75) is 0 Å². The lowest BCUT2D eigenvalue weighted by Gasteiger charge is -2.29. The van der Waals surface area contributed by atoms with E-state index in [1.54, 1.807) is 0 Å². The van der Waals surface area contributed by atoms with Gasteiger partial charge in [0, 0.05) is 59.4 Å². The molecule has 6 aromatic heterocycles. The Morgan fingerprint density at radius 1 is 0.239 bits per heavy atom. The highest BCUT2D eigenvalue weighted by Crippen LogP contribution is 2.54. The monoisotopic (exact) mass is 1170 g/mol. The van der Waals surface area contributed by atoms with Gasteiger partial charge in [0.05, 0.1) is 77.7 Å². The van der Waals surface area contributed by atoms with Gasteiger partial charge in [-0.05, 0) is 101 Å². The van der Waals surface area contributed by atoms with Crippen molar-refractivity contribution in [3.8, 4) is 62.2 Å². The first kappa shape index (κ1) is 50.4. The molecule has 20 aromatic rings. The molecule has 0 aliphatic heterocycles. The Hall–Kier alpha value is -12.6. The molecule has 20 rings (SSSR count). The van der Waals surface area contributed by atoms with Crippen LogP contribution < -0.4 is 0 Å². The van der Waals surface area contributed by atoms with E-state index in [-0.39, 0.29) is 0 Å². The lowest BCUT2D eigenvalue weighted by atomic mass is 9.93. The molecule has 7 heteroatoms. The first-order valence-corrected chi connectivity index (χ1v) is 31.2. The van der Waals surface area contributed by atoms with E-state index in [9.17, 15) is 5.26 Å². The third-order valence-electron chi connectivity index (χ3n) is 19.4. The summed E-state index contributed by atoms with van der Waals surface area (Å²) in [5, 5.41) is 25.8. The number of hydrogen-bond acceptors (Lipinski definition) is 3. The minimum atomic E-state index is 0.478. The maximum atomic E-state index is 13.3. The number of aromatic nitrogens is 4. The van der Waals surface area contributed by atoms with Gasteiger partial charge in [0.25, 0.3) is 0 Å². The minimum absolute atomic E-state index is 0.478. The molecule has 0 spiro atoms. The van der Waals surface area contributed by atoms with Gasteiger partial charge in [-0.25, -0.2) is 0 Å². The molecular weight excluding hydrogens is 1120 g/mol. The number of para-hydroxylation sites is 6. The average molecular weight is 1170 g/mol. The number of furan rings is 2. The van der Waals surface area contributed by atoms with Gasteiger partial charge in [-0.2, -0.15) is 5.26 Å². The molecule has 0 bridgehead atoms. The molecule has 14 aromatic carbocycles. The summed E-state index contributed by atoms with van der Waals surface area (Å²) >= 11 is 0. The van der Waals surface area contributed by atoms with Crippen molar-refractivity contribution in [3.63, 3.8) is 0 Å². The van der Waals surface area contributed by atoms with E-state index in [0.29, 0.717) is 5.56 Å². The number of rotatable bonds is 7. The summed E-state index contributed by atoms with van der Waals surface area (Å²) in [6, 6.07) is 109. The van der Waals surface area contributed by atoms with Gasteiger partial charge >= 0.3 is 0 Å². The minimum Gasteiger partial charge on any atom is -0.455 e. The fourth-order valence-electron chi connectivity index (χ4n) is 15.5. The highest BCUT2D eigenvalue weighted by atomic mass is 16.3. The largest absolute Gasteiger partial charge is 0.455 e. The van der Waals surface area contributed by atoms with E-state index in [1.165, 1.54) is 0 Å². The van der Waals surface area contributed by atoms with Gasteiger partial charge in [-0.1, -0.05) is 224 Å². The first-order chi connectivity index (χ1) is 45.7. The van der Waals surface area contributed by atoms with Crippen molar-refractivity contribution in [2.75, 3.05) is 0 Å². The van der Waals surface area contributed by atoms with E-state index >= 15 is 0 Å². The zero-order valence-corrected chi connectivity index (χ0v) is 49.3. The van der Waals surface area contributed by atoms with Crippen molar-refractivity contribution in [1.29, 1.82) is 5.26 Å².